The molecule has 0 aliphatic carbocycles. The van der Waals surface area contributed by atoms with Gasteiger partial charge < -0.3 is 10.5 Å². The summed E-state index contributed by atoms with van der Waals surface area (Å²) in [7, 11) is 3.16. The zero-order valence-electron chi connectivity index (χ0n) is 10.4. The molecule has 1 aromatic heterocycles. The van der Waals surface area contributed by atoms with Gasteiger partial charge >= 0.3 is 0 Å². The largest absolute Gasteiger partial charge is 0.493 e. The number of benzene rings is 1. The Hall–Kier alpha value is -1.88. The molecule has 0 aliphatic rings. The van der Waals surface area contributed by atoms with E-state index in [1.54, 1.807) is 31.3 Å². The van der Waals surface area contributed by atoms with Crippen molar-refractivity contribution in [2.45, 2.75) is 5.67 Å². The SMILES string of the molecule is COc1cnn(C)c1C(F)(CN)c1ccccc1. The van der Waals surface area contributed by atoms with E-state index in [-0.39, 0.29) is 6.54 Å². The molecule has 0 aliphatic heterocycles. The number of hydrogen-bond donors (Lipinski definition) is 1. The second-order valence-electron chi connectivity index (χ2n) is 4.06. The second kappa shape index (κ2) is 4.78. The van der Waals surface area contributed by atoms with Crippen molar-refractivity contribution in [3.8, 4) is 5.75 Å². The van der Waals surface area contributed by atoms with E-state index < -0.39 is 5.67 Å². The highest BCUT2D eigenvalue weighted by molar-refractivity contribution is 5.40. The normalized spacial score (nSPS) is 14.2. The number of rotatable bonds is 4. The van der Waals surface area contributed by atoms with Crippen LogP contribution in [0.25, 0.3) is 0 Å². The molecule has 0 fully saturated rings. The Balaban J connectivity index is 2.60. The summed E-state index contributed by atoms with van der Waals surface area (Å²) in [6.07, 6.45) is 1.49. The number of nitrogens with zero attached hydrogens (tertiary/aromatic N) is 2. The van der Waals surface area contributed by atoms with E-state index in [4.69, 9.17) is 10.5 Å². The molecule has 0 spiro atoms. The third-order valence-corrected chi connectivity index (χ3v) is 3.01. The van der Waals surface area contributed by atoms with Crippen molar-refractivity contribution in [1.82, 2.24) is 9.78 Å². The van der Waals surface area contributed by atoms with Crippen LogP contribution in [-0.2, 0) is 12.7 Å². The van der Waals surface area contributed by atoms with Gasteiger partial charge in [-0.1, -0.05) is 30.3 Å². The Morgan fingerprint density at radius 3 is 2.61 bits per heavy atom. The molecule has 2 aromatic rings. The first-order valence-corrected chi connectivity index (χ1v) is 5.64. The molecule has 18 heavy (non-hydrogen) atoms. The van der Waals surface area contributed by atoms with Crippen molar-refractivity contribution < 1.29 is 9.13 Å². The van der Waals surface area contributed by atoms with Crippen LogP contribution in [0.2, 0.25) is 0 Å². The minimum absolute atomic E-state index is 0.174. The maximum Gasteiger partial charge on any atom is 0.193 e. The number of halogens is 1. The molecule has 0 bridgehead atoms. The van der Waals surface area contributed by atoms with Crippen LogP contribution < -0.4 is 10.5 Å². The van der Waals surface area contributed by atoms with Crippen LogP contribution in [0.15, 0.2) is 36.5 Å². The molecule has 0 radical (unpaired) electrons. The predicted octanol–water partition coefficient (Wildman–Crippen LogP) is 1.60. The van der Waals surface area contributed by atoms with E-state index >= 15 is 4.39 Å². The molecule has 0 saturated carbocycles. The molecule has 2 N–H and O–H groups in total. The summed E-state index contributed by atoms with van der Waals surface area (Å²) in [4.78, 5) is 0. The van der Waals surface area contributed by atoms with Gasteiger partial charge in [0.15, 0.2) is 11.4 Å². The monoisotopic (exact) mass is 249 g/mol. The Morgan fingerprint density at radius 2 is 2.06 bits per heavy atom. The van der Waals surface area contributed by atoms with Crippen LogP contribution in [0.1, 0.15) is 11.3 Å². The topological polar surface area (TPSA) is 53.1 Å². The average molecular weight is 249 g/mol. The van der Waals surface area contributed by atoms with Gasteiger partial charge in [0.25, 0.3) is 0 Å². The van der Waals surface area contributed by atoms with Crippen LogP contribution in [0.5, 0.6) is 5.75 Å². The maximum absolute atomic E-state index is 15.3. The van der Waals surface area contributed by atoms with Crippen molar-refractivity contribution >= 4 is 0 Å². The minimum Gasteiger partial charge on any atom is -0.493 e. The lowest BCUT2D eigenvalue weighted by atomic mass is 9.92. The summed E-state index contributed by atoms with van der Waals surface area (Å²) in [5.41, 5.74) is 4.67. The molecule has 5 heteroatoms. The van der Waals surface area contributed by atoms with E-state index in [1.807, 2.05) is 6.07 Å². The van der Waals surface area contributed by atoms with Gasteiger partial charge in [0.05, 0.1) is 13.3 Å². The van der Waals surface area contributed by atoms with Crippen molar-refractivity contribution in [1.29, 1.82) is 0 Å². The predicted molar refractivity (Wildman–Crippen MR) is 67.1 cm³/mol. The smallest absolute Gasteiger partial charge is 0.193 e. The lowest BCUT2D eigenvalue weighted by molar-refractivity contribution is 0.210. The molecule has 1 unspecified atom stereocenters. The lowest BCUT2D eigenvalue weighted by Gasteiger charge is -2.25. The Kier molecular flexibility index (Phi) is 3.34. The van der Waals surface area contributed by atoms with E-state index in [0.717, 1.165) is 0 Å². The van der Waals surface area contributed by atoms with Crippen molar-refractivity contribution in [3.63, 3.8) is 0 Å². The number of methoxy groups -OCH3 is 1. The molecular formula is C13H16FN3O. The Labute approximate surface area is 105 Å². The van der Waals surface area contributed by atoms with E-state index in [0.29, 0.717) is 17.0 Å². The van der Waals surface area contributed by atoms with E-state index in [2.05, 4.69) is 5.10 Å². The second-order valence-corrected chi connectivity index (χ2v) is 4.06. The van der Waals surface area contributed by atoms with Gasteiger partial charge in [-0.3, -0.25) is 4.68 Å². The zero-order valence-corrected chi connectivity index (χ0v) is 10.4. The molecule has 1 aromatic carbocycles. The molecule has 1 heterocycles. The molecule has 4 nitrogen and oxygen atoms in total. The van der Waals surface area contributed by atoms with Gasteiger partial charge in [0, 0.05) is 13.6 Å². The van der Waals surface area contributed by atoms with Gasteiger partial charge in [-0.05, 0) is 5.56 Å². The minimum atomic E-state index is -1.81. The van der Waals surface area contributed by atoms with Crippen LogP contribution in [0, 0.1) is 0 Å². The maximum atomic E-state index is 15.3. The summed E-state index contributed by atoms with van der Waals surface area (Å²) < 4.78 is 21.9. The Morgan fingerprint density at radius 1 is 1.39 bits per heavy atom. The number of aromatic nitrogens is 2. The first-order chi connectivity index (χ1) is 8.63. The van der Waals surface area contributed by atoms with Crippen LogP contribution in [0.4, 0.5) is 4.39 Å². The van der Waals surface area contributed by atoms with Crippen LogP contribution >= 0.6 is 0 Å². The third-order valence-electron chi connectivity index (χ3n) is 3.01. The number of alkyl halides is 1. The third kappa shape index (κ3) is 1.86. The molecule has 0 amide bonds. The quantitative estimate of drug-likeness (QED) is 0.895. The van der Waals surface area contributed by atoms with Crippen LogP contribution in [0.3, 0.4) is 0 Å². The lowest BCUT2D eigenvalue weighted by Crippen LogP contribution is -2.34. The van der Waals surface area contributed by atoms with Gasteiger partial charge in [-0.25, -0.2) is 4.39 Å². The van der Waals surface area contributed by atoms with Crippen molar-refractivity contribution in [3.05, 3.63) is 47.8 Å². The fourth-order valence-electron chi connectivity index (χ4n) is 2.07. The number of ether oxygens (including phenoxy) is 1. The first kappa shape index (κ1) is 12.6. The number of nitrogens with two attached hydrogens (primary N) is 1. The van der Waals surface area contributed by atoms with Gasteiger partial charge in [-0.2, -0.15) is 5.10 Å². The summed E-state index contributed by atoms with van der Waals surface area (Å²) in [6, 6.07) is 8.81. The van der Waals surface area contributed by atoms with Crippen molar-refractivity contribution in [2.24, 2.45) is 12.8 Å². The molecule has 2 rings (SSSR count). The van der Waals surface area contributed by atoms with Gasteiger partial charge in [0.2, 0.25) is 0 Å². The number of aryl methyl sites for hydroxylation is 1. The molecule has 1 atom stereocenters. The van der Waals surface area contributed by atoms with E-state index in [9.17, 15) is 0 Å². The molecule has 96 valence electrons. The van der Waals surface area contributed by atoms with Crippen molar-refractivity contribution in [2.75, 3.05) is 13.7 Å². The Bertz CT molecular complexity index is 526. The summed E-state index contributed by atoms with van der Waals surface area (Å²) in [6.45, 7) is -0.174. The fraction of sp³-hybridized carbons (Fsp3) is 0.308. The first-order valence-electron chi connectivity index (χ1n) is 5.64. The van der Waals surface area contributed by atoms with Gasteiger partial charge in [0.1, 0.15) is 5.69 Å². The highest BCUT2D eigenvalue weighted by Crippen LogP contribution is 2.37. The van der Waals surface area contributed by atoms with Crippen LogP contribution in [-0.4, -0.2) is 23.4 Å². The molecule has 0 saturated heterocycles. The summed E-state index contributed by atoms with van der Waals surface area (Å²) >= 11 is 0. The summed E-state index contributed by atoms with van der Waals surface area (Å²) in [5.74, 6) is 0.398. The fourth-order valence-corrected chi connectivity index (χ4v) is 2.07. The van der Waals surface area contributed by atoms with Gasteiger partial charge in [-0.15, -0.1) is 0 Å². The van der Waals surface area contributed by atoms with E-state index in [1.165, 1.54) is 18.0 Å². The highest BCUT2D eigenvalue weighted by atomic mass is 19.1. The molecular weight excluding hydrogens is 233 g/mol. The highest BCUT2D eigenvalue weighted by Gasteiger charge is 2.38. The zero-order chi connectivity index (χ0) is 13.2. The number of hydrogen-bond acceptors (Lipinski definition) is 3. The average Bonchev–Trinajstić information content (AvgIpc) is 2.80. The standard InChI is InChI=1S/C13H16FN3O/c1-17-12(11(18-2)8-16-17)13(14,9-15)10-6-4-3-5-7-10/h3-8H,9,15H2,1-2H3. The summed E-state index contributed by atoms with van der Waals surface area (Å²) in [5, 5.41) is 4.02.